The highest BCUT2D eigenvalue weighted by Crippen LogP contribution is 2.11. The molecule has 2 aromatic rings. The molecule has 9 heteroatoms. The van der Waals surface area contributed by atoms with E-state index in [9.17, 15) is 4.79 Å². The van der Waals surface area contributed by atoms with Crippen LogP contribution in [0.4, 0.5) is 4.79 Å². The van der Waals surface area contributed by atoms with Gasteiger partial charge in [0.05, 0.1) is 18.5 Å². The molecule has 1 aromatic carbocycles. The fourth-order valence-corrected chi connectivity index (χ4v) is 3.35. The Labute approximate surface area is 195 Å². The molecule has 0 atom stereocenters. The van der Waals surface area contributed by atoms with E-state index < -0.39 is 0 Å². The summed E-state index contributed by atoms with van der Waals surface area (Å²) >= 11 is 0. The summed E-state index contributed by atoms with van der Waals surface area (Å²) < 4.78 is 6.96. The topological polar surface area (TPSA) is 83.8 Å². The van der Waals surface area contributed by atoms with Crippen molar-refractivity contribution in [3.05, 3.63) is 48.3 Å². The van der Waals surface area contributed by atoms with E-state index in [2.05, 4.69) is 26.9 Å². The van der Waals surface area contributed by atoms with Crippen molar-refractivity contribution in [2.45, 2.75) is 32.2 Å². The number of aromatic nitrogens is 2. The molecule has 30 heavy (non-hydrogen) atoms. The molecule has 0 radical (unpaired) electrons. The summed E-state index contributed by atoms with van der Waals surface area (Å²) in [6.45, 7) is 4.41. The lowest BCUT2D eigenvalue weighted by Crippen LogP contribution is -2.50. The third-order valence-electron chi connectivity index (χ3n) is 4.95. The van der Waals surface area contributed by atoms with Gasteiger partial charge in [-0.05, 0) is 43.9 Å². The molecule has 1 amide bonds. The molecular formula is C21H31IN6O2. The van der Waals surface area contributed by atoms with Gasteiger partial charge in [-0.2, -0.15) is 5.10 Å². The number of carbonyl (C=O) groups excluding carboxylic acids is 1. The fourth-order valence-electron chi connectivity index (χ4n) is 3.35. The number of nitrogens with one attached hydrogen (secondary N) is 2. The summed E-state index contributed by atoms with van der Waals surface area (Å²) in [6.07, 6.45) is 6.35. The molecule has 0 aliphatic carbocycles. The Morgan fingerprint density at radius 3 is 2.67 bits per heavy atom. The van der Waals surface area contributed by atoms with Crippen LogP contribution in [0.15, 0.2) is 47.7 Å². The molecule has 0 saturated carbocycles. The number of guanidine groups is 1. The average molecular weight is 526 g/mol. The number of piperidine rings is 1. The molecule has 164 valence electrons. The van der Waals surface area contributed by atoms with Gasteiger partial charge in [-0.3, -0.25) is 4.99 Å². The first kappa shape index (κ1) is 24.0. The van der Waals surface area contributed by atoms with Gasteiger partial charge >= 0.3 is 6.09 Å². The number of rotatable bonds is 6. The van der Waals surface area contributed by atoms with Crippen LogP contribution in [-0.4, -0.2) is 66.1 Å². The number of hydrogen-bond donors (Lipinski definition) is 2. The third kappa shape index (κ3) is 6.89. The van der Waals surface area contributed by atoms with E-state index in [0.717, 1.165) is 37.5 Å². The molecular weight excluding hydrogens is 495 g/mol. The smallest absolute Gasteiger partial charge is 0.409 e. The maximum atomic E-state index is 11.8. The summed E-state index contributed by atoms with van der Waals surface area (Å²) in [4.78, 5) is 17.9. The van der Waals surface area contributed by atoms with Gasteiger partial charge in [0.2, 0.25) is 0 Å². The van der Waals surface area contributed by atoms with Crippen LogP contribution >= 0.6 is 24.0 Å². The third-order valence-corrected chi connectivity index (χ3v) is 4.95. The van der Waals surface area contributed by atoms with E-state index >= 15 is 0 Å². The Kier molecular flexibility index (Phi) is 9.92. The first-order valence-corrected chi connectivity index (χ1v) is 10.2. The zero-order chi connectivity index (χ0) is 20.5. The molecule has 0 bridgehead atoms. The van der Waals surface area contributed by atoms with Crippen molar-refractivity contribution in [3.8, 4) is 5.69 Å². The van der Waals surface area contributed by atoms with Crippen LogP contribution in [-0.2, 0) is 11.2 Å². The molecule has 2 N–H and O–H groups in total. The normalized spacial score (nSPS) is 14.7. The van der Waals surface area contributed by atoms with Gasteiger partial charge in [-0.25, -0.2) is 9.48 Å². The second kappa shape index (κ2) is 12.4. The summed E-state index contributed by atoms with van der Waals surface area (Å²) in [6, 6.07) is 10.4. The van der Waals surface area contributed by atoms with Crippen LogP contribution in [0.2, 0.25) is 0 Å². The molecule has 1 saturated heterocycles. The largest absolute Gasteiger partial charge is 0.450 e. The molecule has 1 aromatic heterocycles. The van der Waals surface area contributed by atoms with E-state index in [4.69, 9.17) is 4.74 Å². The maximum Gasteiger partial charge on any atom is 0.409 e. The first-order chi connectivity index (χ1) is 14.2. The molecule has 0 spiro atoms. The predicted octanol–water partition coefficient (Wildman–Crippen LogP) is 2.82. The molecule has 0 unspecified atom stereocenters. The zero-order valence-corrected chi connectivity index (χ0v) is 19.9. The minimum absolute atomic E-state index is 0. The molecule has 1 fully saturated rings. The summed E-state index contributed by atoms with van der Waals surface area (Å²) in [7, 11) is 1.77. The quantitative estimate of drug-likeness (QED) is 0.344. The van der Waals surface area contributed by atoms with Gasteiger partial charge in [0, 0.05) is 38.9 Å². The number of benzene rings is 1. The van der Waals surface area contributed by atoms with Gasteiger partial charge in [-0.15, -0.1) is 24.0 Å². The second-order valence-electron chi connectivity index (χ2n) is 6.98. The Morgan fingerprint density at radius 1 is 1.27 bits per heavy atom. The minimum atomic E-state index is -0.218. The van der Waals surface area contributed by atoms with Crippen LogP contribution in [0.1, 0.15) is 25.3 Å². The fraction of sp³-hybridized carbons (Fsp3) is 0.476. The summed E-state index contributed by atoms with van der Waals surface area (Å²) in [5.41, 5.74) is 2.22. The van der Waals surface area contributed by atoms with Crippen LogP contribution < -0.4 is 10.6 Å². The number of para-hydroxylation sites is 1. The van der Waals surface area contributed by atoms with Crippen molar-refractivity contribution in [2.24, 2.45) is 4.99 Å². The van der Waals surface area contributed by atoms with Crippen molar-refractivity contribution in [1.29, 1.82) is 0 Å². The van der Waals surface area contributed by atoms with Crippen molar-refractivity contribution in [3.63, 3.8) is 0 Å². The number of ether oxygens (including phenoxy) is 1. The maximum absolute atomic E-state index is 11.8. The van der Waals surface area contributed by atoms with E-state index in [1.807, 2.05) is 48.1 Å². The van der Waals surface area contributed by atoms with Crippen molar-refractivity contribution in [1.82, 2.24) is 25.3 Å². The Bertz CT molecular complexity index is 803. The highest BCUT2D eigenvalue weighted by molar-refractivity contribution is 14.0. The lowest BCUT2D eigenvalue weighted by molar-refractivity contribution is 0.0963. The lowest BCUT2D eigenvalue weighted by Gasteiger charge is -2.32. The molecule has 2 heterocycles. The van der Waals surface area contributed by atoms with Crippen LogP contribution in [0, 0.1) is 0 Å². The monoisotopic (exact) mass is 526 g/mol. The summed E-state index contributed by atoms with van der Waals surface area (Å²) in [5.74, 6) is 0.787. The highest BCUT2D eigenvalue weighted by Gasteiger charge is 2.23. The van der Waals surface area contributed by atoms with Gasteiger partial charge in [-0.1, -0.05) is 18.2 Å². The molecule has 1 aliphatic rings. The highest BCUT2D eigenvalue weighted by atomic mass is 127. The number of halogens is 1. The van der Waals surface area contributed by atoms with Crippen LogP contribution in [0.3, 0.4) is 0 Å². The van der Waals surface area contributed by atoms with E-state index in [-0.39, 0.29) is 30.1 Å². The number of likely N-dealkylation sites (tertiary alicyclic amines) is 1. The zero-order valence-electron chi connectivity index (χ0n) is 17.6. The average Bonchev–Trinajstić information content (AvgIpc) is 3.23. The Morgan fingerprint density at radius 2 is 2.00 bits per heavy atom. The number of carbonyl (C=O) groups is 1. The number of aliphatic imine (C=N–C) groups is 1. The minimum Gasteiger partial charge on any atom is -0.450 e. The lowest BCUT2D eigenvalue weighted by atomic mass is 10.1. The van der Waals surface area contributed by atoms with E-state index in [1.54, 1.807) is 11.9 Å². The second-order valence-corrected chi connectivity index (χ2v) is 6.98. The Hall–Kier alpha value is -2.30. The van der Waals surface area contributed by atoms with Crippen molar-refractivity contribution in [2.75, 3.05) is 33.3 Å². The van der Waals surface area contributed by atoms with Crippen molar-refractivity contribution >= 4 is 36.0 Å². The van der Waals surface area contributed by atoms with E-state index in [0.29, 0.717) is 25.7 Å². The predicted molar refractivity (Wildman–Crippen MR) is 129 cm³/mol. The number of hydrogen-bond acceptors (Lipinski definition) is 4. The molecule has 8 nitrogen and oxygen atoms in total. The van der Waals surface area contributed by atoms with Gasteiger partial charge < -0.3 is 20.3 Å². The summed E-state index contributed by atoms with van der Waals surface area (Å²) in [5, 5.41) is 11.3. The van der Waals surface area contributed by atoms with Gasteiger partial charge in [0.1, 0.15) is 0 Å². The number of amides is 1. The van der Waals surface area contributed by atoms with Gasteiger partial charge in [0.25, 0.3) is 0 Å². The molecule has 1 aliphatic heterocycles. The standard InChI is InChI=1S/C21H30N6O2.HI/c1-3-29-21(28)26-13-10-18(11-14-26)25-20(22-2)23-12-9-17-15-24-27(16-17)19-7-5-4-6-8-19;/h4-8,15-16,18H,3,9-14H2,1-2H3,(H2,22,23,25);1H. The van der Waals surface area contributed by atoms with Gasteiger partial charge in [0.15, 0.2) is 5.96 Å². The molecule has 3 rings (SSSR count). The van der Waals surface area contributed by atoms with E-state index in [1.165, 1.54) is 5.56 Å². The number of nitrogens with zero attached hydrogens (tertiary/aromatic N) is 4. The van der Waals surface area contributed by atoms with Crippen LogP contribution in [0.5, 0.6) is 0 Å². The Balaban J connectivity index is 0.00000320. The van der Waals surface area contributed by atoms with Crippen LogP contribution in [0.25, 0.3) is 5.69 Å². The first-order valence-electron chi connectivity index (χ1n) is 10.2. The van der Waals surface area contributed by atoms with Crippen molar-refractivity contribution < 1.29 is 9.53 Å². The SMILES string of the molecule is CCOC(=O)N1CCC(NC(=NC)NCCc2cnn(-c3ccccc3)c2)CC1.I.